The molecular formula is C12H24S. The van der Waals surface area contributed by atoms with Gasteiger partial charge in [-0.2, -0.15) is 11.8 Å². The fourth-order valence-electron chi connectivity index (χ4n) is 1.96. The highest BCUT2D eigenvalue weighted by Gasteiger charge is 2.34. The molecule has 0 aromatic heterocycles. The van der Waals surface area contributed by atoms with Crippen LogP contribution in [0.3, 0.4) is 0 Å². The Kier molecular flexibility index (Phi) is 4.58. The molecule has 0 aliphatic carbocycles. The van der Waals surface area contributed by atoms with Crippen molar-refractivity contribution in [1.82, 2.24) is 0 Å². The highest BCUT2D eigenvalue weighted by atomic mass is 32.2. The highest BCUT2D eigenvalue weighted by Crippen LogP contribution is 2.42. The monoisotopic (exact) mass is 200 g/mol. The number of rotatable bonds is 3. The van der Waals surface area contributed by atoms with Gasteiger partial charge in [0.25, 0.3) is 0 Å². The van der Waals surface area contributed by atoms with Crippen LogP contribution in [0.15, 0.2) is 12.7 Å². The number of hydrogen-bond acceptors (Lipinski definition) is 1. The molecule has 0 fully saturated rings. The normalized spacial score (nSPS) is 13.5. The second-order valence-electron chi connectivity index (χ2n) is 5.73. The predicted molar refractivity (Wildman–Crippen MR) is 65.4 cm³/mol. The Morgan fingerprint density at radius 1 is 1.08 bits per heavy atom. The lowest BCUT2D eigenvalue weighted by Crippen LogP contribution is -2.35. The Morgan fingerprint density at radius 3 is 1.69 bits per heavy atom. The topological polar surface area (TPSA) is 0 Å². The third kappa shape index (κ3) is 4.75. The minimum absolute atomic E-state index is 0.367. The Hall–Kier alpha value is 0.0900. The van der Waals surface area contributed by atoms with E-state index in [0.29, 0.717) is 16.1 Å². The van der Waals surface area contributed by atoms with Crippen LogP contribution in [-0.2, 0) is 0 Å². The van der Waals surface area contributed by atoms with Crippen molar-refractivity contribution in [3.63, 3.8) is 0 Å². The molecule has 0 aromatic rings. The maximum Gasteiger partial charge on any atom is 0.0147 e. The van der Waals surface area contributed by atoms with Crippen LogP contribution in [-0.4, -0.2) is 11.0 Å². The Labute approximate surface area is 88.2 Å². The van der Waals surface area contributed by atoms with Crippen LogP contribution >= 0.6 is 11.8 Å². The molecule has 0 nitrogen and oxygen atoms in total. The average Bonchev–Trinajstić information content (AvgIpc) is 1.81. The zero-order chi connectivity index (χ0) is 10.7. The van der Waals surface area contributed by atoms with Crippen LogP contribution in [0.2, 0.25) is 0 Å². The summed E-state index contributed by atoms with van der Waals surface area (Å²) in [4.78, 5) is 0. The van der Waals surface area contributed by atoms with Crippen molar-refractivity contribution in [3.05, 3.63) is 12.7 Å². The van der Waals surface area contributed by atoms with E-state index >= 15 is 0 Å². The predicted octanol–water partition coefficient (Wildman–Crippen LogP) is 4.37. The van der Waals surface area contributed by atoms with Gasteiger partial charge in [0.15, 0.2) is 0 Å². The summed E-state index contributed by atoms with van der Waals surface area (Å²) >= 11 is 2.02. The standard InChI is InChI=1S/C12H24S/c1-8-9-13-10(11(2,3)4)12(5,6)7/h8,10H,1,9H2,2-7H3. The second-order valence-corrected chi connectivity index (χ2v) is 6.87. The first-order valence-corrected chi connectivity index (χ1v) is 5.97. The van der Waals surface area contributed by atoms with Crippen molar-refractivity contribution in [2.75, 3.05) is 5.75 Å². The van der Waals surface area contributed by atoms with E-state index in [0.717, 1.165) is 5.75 Å². The van der Waals surface area contributed by atoms with Gasteiger partial charge >= 0.3 is 0 Å². The molecule has 0 heterocycles. The third-order valence-corrected chi connectivity index (χ3v) is 4.13. The SMILES string of the molecule is C=CCSC(C(C)(C)C)C(C)(C)C. The van der Waals surface area contributed by atoms with Gasteiger partial charge in [-0.05, 0) is 10.8 Å². The van der Waals surface area contributed by atoms with E-state index in [1.54, 1.807) is 0 Å². The number of hydrogen-bond donors (Lipinski definition) is 0. The fourth-order valence-corrected chi connectivity index (χ4v) is 3.29. The molecule has 0 aliphatic heterocycles. The molecule has 0 N–H and O–H groups in total. The zero-order valence-corrected chi connectivity index (χ0v) is 10.8. The summed E-state index contributed by atoms with van der Waals surface area (Å²) < 4.78 is 0. The maximum atomic E-state index is 3.78. The van der Waals surface area contributed by atoms with Gasteiger partial charge in [0.1, 0.15) is 0 Å². The Morgan fingerprint density at radius 2 is 1.46 bits per heavy atom. The van der Waals surface area contributed by atoms with Crippen LogP contribution in [0.25, 0.3) is 0 Å². The average molecular weight is 200 g/mol. The van der Waals surface area contributed by atoms with Crippen molar-refractivity contribution in [2.45, 2.75) is 46.8 Å². The molecule has 0 atom stereocenters. The van der Waals surface area contributed by atoms with Gasteiger partial charge in [0.2, 0.25) is 0 Å². The largest absolute Gasteiger partial charge is 0.153 e. The molecular weight excluding hydrogens is 176 g/mol. The third-order valence-electron chi connectivity index (χ3n) is 1.95. The van der Waals surface area contributed by atoms with E-state index in [1.807, 2.05) is 17.8 Å². The first-order chi connectivity index (χ1) is 5.69. The molecule has 0 aromatic carbocycles. The van der Waals surface area contributed by atoms with Crippen molar-refractivity contribution in [2.24, 2.45) is 10.8 Å². The highest BCUT2D eigenvalue weighted by molar-refractivity contribution is 8.00. The van der Waals surface area contributed by atoms with E-state index in [9.17, 15) is 0 Å². The van der Waals surface area contributed by atoms with Crippen molar-refractivity contribution < 1.29 is 0 Å². The van der Waals surface area contributed by atoms with Gasteiger partial charge in [-0.15, -0.1) is 6.58 Å². The van der Waals surface area contributed by atoms with Crippen molar-refractivity contribution >= 4 is 11.8 Å². The van der Waals surface area contributed by atoms with Gasteiger partial charge in [0.05, 0.1) is 0 Å². The molecule has 1 heteroatoms. The molecule has 0 rings (SSSR count). The van der Waals surface area contributed by atoms with Gasteiger partial charge in [-0.3, -0.25) is 0 Å². The lowest BCUT2D eigenvalue weighted by molar-refractivity contribution is 0.249. The zero-order valence-electron chi connectivity index (χ0n) is 9.98. The molecule has 0 unspecified atom stereocenters. The van der Waals surface area contributed by atoms with Gasteiger partial charge in [-0.25, -0.2) is 0 Å². The summed E-state index contributed by atoms with van der Waals surface area (Å²) in [6.07, 6.45) is 2.00. The lowest BCUT2D eigenvalue weighted by Gasteiger charge is -2.40. The van der Waals surface area contributed by atoms with Crippen molar-refractivity contribution in [1.29, 1.82) is 0 Å². The van der Waals surface area contributed by atoms with E-state index in [2.05, 4.69) is 48.1 Å². The molecule has 0 bridgehead atoms. The smallest absolute Gasteiger partial charge is 0.0147 e. The van der Waals surface area contributed by atoms with Crippen LogP contribution < -0.4 is 0 Å². The molecule has 78 valence electrons. The lowest BCUT2D eigenvalue weighted by atomic mass is 9.77. The van der Waals surface area contributed by atoms with E-state index in [1.165, 1.54) is 0 Å². The van der Waals surface area contributed by atoms with Crippen LogP contribution in [0, 0.1) is 10.8 Å². The number of thioether (sulfide) groups is 1. The van der Waals surface area contributed by atoms with Gasteiger partial charge in [0, 0.05) is 11.0 Å². The van der Waals surface area contributed by atoms with Crippen LogP contribution in [0.1, 0.15) is 41.5 Å². The Balaban J connectivity index is 4.47. The Bertz CT molecular complexity index is 143. The summed E-state index contributed by atoms with van der Waals surface area (Å²) in [5.41, 5.74) is 0.734. The molecule has 0 saturated heterocycles. The quantitative estimate of drug-likeness (QED) is 0.610. The first-order valence-electron chi connectivity index (χ1n) is 4.92. The summed E-state index contributed by atoms with van der Waals surface area (Å²) in [6.45, 7) is 17.7. The van der Waals surface area contributed by atoms with E-state index in [4.69, 9.17) is 0 Å². The summed E-state index contributed by atoms with van der Waals surface area (Å²) in [6, 6.07) is 0. The van der Waals surface area contributed by atoms with Gasteiger partial charge < -0.3 is 0 Å². The van der Waals surface area contributed by atoms with E-state index < -0.39 is 0 Å². The molecule has 0 aliphatic rings. The minimum atomic E-state index is 0.367. The van der Waals surface area contributed by atoms with Crippen LogP contribution in [0.5, 0.6) is 0 Å². The second kappa shape index (κ2) is 4.54. The van der Waals surface area contributed by atoms with E-state index in [-0.39, 0.29) is 0 Å². The van der Waals surface area contributed by atoms with Crippen LogP contribution in [0.4, 0.5) is 0 Å². The van der Waals surface area contributed by atoms with Crippen molar-refractivity contribution in [3.8, 4) is 0 Å². The summed E-state index contributed by atoms with van der Waals surface area (Å²) in [5.74, 6) is 1.05. The fraction of sp³-hybridized carbons (Fsp3) is 0.833. The summed E-state index contributed by atoms with van der Waals surface area (Å²) in [5, 5.41) is 0.679. The van der Waals surface area contributed by atoms with Gasteiger partial charge in [-0.1, -0.05) is 47.6 Å². The minimum Gasteiger partial charge on any atom is -0.153 e. The summed E-state index contributed by atoms with van der Waals surface area (Å²) in [7, 11) is 0. The molecule has 0 amide bonds. The molecule has 0 radical (unpaired) electrons. The first kappa shape index (κ1) is 13.1. The molecule has 0 spiro atoms. The molecule has 13 heavy (non-hydrogen) atoms. The maximum absolute atomic E-state index is 3.78. The molecule has 0 saturated carbocycles.